The second kappa shape index (κ2) is 6.78. The lowest BCUT2D eigenvalue weighted by molar-refractivity contribution is -0.115. The summed E-state index contributed by atoms with van der Waals surface area (Å²) in [6, 6.07) is 3.51. The molecule has 0 spiro atoms. The Labute approximate surface area is 132 Å². The molecule has 1 heterocycles. The average Bonchev–Trinajstić information content (AvgIpc) is 2.74. The Balaban J connectivity index is 2.43. The van der Waals surface area contributed by atoms with Gasteiger partial charge in [-0.2, -0.15) is 0 Å². The summed E-state index contributed by atoms with van der Waals surface area (Å²) in [7, 11) is 0. The van der Waals surface area contributed by atoms with Crippen LogP contribution < -0.4 is 10.1 Å². The van der Waals surface area contributed by atoms with E-state index in [9.17, 15) is 9.90 Å². The lowest BCUT2D eigenvalue weighted by Crippen LogP contribution is -2.17. The maximum Gasteiger partial charge on any atom is 0.263 e. The molecular formula is C15H15NO3S2. The van der Waals surface area contributed by atoms with Crippen molar-refractivity contribution in [3.05, 3.63) is 40.8 Å². The van der Waals surface area contributed by atoms with Crippen LogP contribution in [0.15, 0.2) is 29.7 Å². The van der Waals surface area contributed by atoms with E-state index in [0.29, 0.717) is 33.6 Å². The molecule has 4 nitrogen and oxygen atoms in total. The Morgan fingerprint density at radius 2 is 2.29 bits per heavy atom. The SMILES string of the molecule is C=CCc1cc(/C=C2/SC(=S)NC2=O)cc(OCC)c1O. The van der Waals surface area contributed by atoms with Crippen LogP contribution in [0.2, 0.25) is 0 Å². The molecule has 0 radical (unpaired) electrons. The fourth-order valence-corrected chi connectivity index (χ4v) is 2.97. The highest BCUT2D eigenvalue weighted by Crippen LogP contribution is 2.34. The largest absolute Gasteiger partial charge is 0.504 e. The monoisotopic (exact) mass is 321 g/mol. The molecule has 2 rings (SSSR count). The van der Waals surface area contributed by atoms with E-state index in [-0.39, 0.29) is 11.7 Å². The van der Waals surface area contributed by atoms with Gasteiger partial charge in [-0.05, 0) is 37.1 Å². The minimum atomic E-state index is -0.207. The standard InChI is InChI=1S/C15H15NO3S2/c1-3-5-10-6-9(7-11(13(10)17)19-4-2)8-12-14(18)16-15(20)21-12/h3,6-8,17H,1,4-5H2,2H3,(H,16,18,20)/b12-8+. The van der Waals surface area contributed by atoms with Gasteiger partial charge in [-0.25, -0.2) is 0 Å². The molecule has 0 unspecified atom stereocenters. The van der Waals surface area contributed by atoms with Gasteiger partial charge in [0, 0.05) is 5.56 Å². The molecule has 1 amide bonds. The first-order valence-electron chi connectivity index (χ1n) is 6.39. The average molecular weight is 321 g/mol. The molecule has 1 saturated heterocycles. The summed E-state index contributed by atoms with van der Waals surface area (Å²) in [5.74, 6) is 0.300. The van der Waals surface area contributed by atoms with Gasteiger partial charge in [-0.3, -0.25) is 4.79 Å². The molecule has 21 heavy (non-hydrogen) atoms. The molecule has 0 atom stereocenters. The van der Waals surface area contributed by atoms with Crippen molar-refractivity contribution in [3.8, 4) is 11.5 Å². The van der Waals surface area contributed by atoms with Crippen LogP contribution >= 0.6 is 24.0 Å². The molecule has 1 fully saturated rings. The number of phenols is 1. The fraction of sp³-hybridized carbons (Fsp3) is 0.200. The number of hydrogen-bond donors (Lipinski definition) is 2. The number of hydrogen-bond acceptors (Lipinski definition) is 5. The number of ether oxygens (including phenoxy) is 1. The number of aromatic hydroxyl groups is 1. The number of phenolic OH excluding ortho intramolecular Hbond substituents is 1. The zero-order chi connectivity index (χ0) is 15.4. The lowest BCUT2D eigenvalue weighted by Gasteiger charge is -2.11. The molecule has 1 aliphatic heterocycles. The number of amides is 1. The molecule has 0 bridgehead atoms. The number of benzene rings is 1. The first-order valence-corrected chi connectivity index (χ1v) is 7.62. The summed E-state index contributed by atoms with van der Waals surface area (Å²) < 4.78 is 5.88. The quantitative estimate of drug-likeness (QED) is 0.496. The van der Waals surface area contributed by atoms with Gasteiger partial charge in [0.2, 0.25) is 0 Å². The Bertz CT molecular complexity index is 638. The number of thioether (sulfide) groups is 1. The molecule has 1 aromatic rings. The number of rotatable bonds is 5. The summed E-state index contributed by atoms with van der Waals surface area (Å²) in [4.78, 5) is 12.2. The first-order chi connectivity index (χ1) is 10.0. The molecule has 2 N–H and O–H groups in total. The predicted molar refractivity (Wildman–Crippen MR) is 89.5 cm³/mol. The Hall–Kier alpha value is -1.79. The van der Waals surface area contributed by atoms with Crippen LogP contribution in [0.1, 0.15) is 18.1 Å². The minimum Gasteiger partial charge on any atom is -0.504 e. The van der Waals surface area contributed by atoms with Gasteiger partial charge in [0.05, 0.1) is 11.5 Å². The van der Waals surface area contributed by atoms with Crippen molar-refractivity contribution in [2.75, 3.05) is 6.61 Å². The zero-order valence-corrected chi connectivity index (χ0v) is 13.1. The van der Waals surface area contributed by atoms with Gasteiger partial charge < -0.3 is 15.2 Å². The summed E-state index contributed by atoms with van der Waals surface area (Å²) >= 11 is 6.18. The van der Waals surface area contributed by atoms with E-state index >= 15 is 0 Å². The second-order valence-corrected chi connectivity index (χ2v) is 6.02. The first kappa shape index (κ1) is 15.6. The number of carbonyl (C=O) groups is 1. The van der Waals surface area contributed by atoms with E-state index in [1.807, 2.05) is 13.0 Å². The summed E-state index contributed by atoms with van der Waals surface area (Å²) in [5.41, 5.74) is 1.48. The van der Waals surface area contributed by atoms with Crippen molar-refractivity contribution in [2.45, 2.75) is 13.3 Å². The van der Waals surface area contributed by atoms with Crippen molar-refractivity contribution >= 4 is 40.3 Å². The van der Waals surface area contributed by atoms with Crippen LogP contribution in [-0.2, 0) is 11.2 Å². The van der Waals surface area contributed by atoms with Gasteiger partial charge in [0.25, 0.3) is 5.91 Å². The van der Waals surface area contributed by atoms with E-state index in [1.54, 1.807) is 18.2 Å². The highest BCUT2D eigenvalue weighted by Gasteiger charge is 2.22. The summed E-state index contributed by atoms with van der Waals surface area (Å²) in [6.45, 7) is 5.96. The molecule has 1 aromatic carbocycles. The van der Waals surface area contributed by atoms with Crippen molar-refractivity contribution in [1.82, 2.24) is 5.32 Å². The normalized spacial score (nSPS) is 16.1. The Morgan fingerprint density at radius 1 is 1.52 bits per heavy atom. The third-order valence-corrected chi connectivity index (χ3v) is 3.94. The van der Waals surface area contributed by atoms with Gasteiger partial charge in [0.15, 0.2) is 11.5 Å². The Kier molecular flexibility index (Phi) is 5.03. The summed E-state index contributed by atoms with van der Waals surface area (Å²) in [6.07, 6.45) is 3.95. The topological polar surface area (TPSA) is 58.6 Å². The third-order valence-electron chi connectivity index (χ3n) is 2.78. The number of thiocarbonyl (C=S) groups is 1. The molecule has 0 saturated carbocycles. The molecule has 110 valence electrons. The van der Waals surface area contributed by atoms with Crippen LogP contribution in [0.5, 0.6) is 11.5 Å². The third kappa shape index (κ3) is 3.65. The lowest BCUT2D eigenvalue weighted by atomic mass is 10.1. The number of nitrogens with one attached hydrogen (secondary N) is 1. The van der Waals surface area contributed by atoms with Gasteiger partial charge in [-0.15, -0.1) is 6.58 Å². The highest BCUT2D eigenvalue weighted by atomic mass is 32.2. The van der Waals surface area contributed by atoms with E-state index in [0.717, 1.165) is 5.56 Å². The number of carbonyl (C=O) groups excluding carboxylic acids is 1. The van der Waals surface area contributed by atoms with Crippen molar-refractivity contribution < 1.29 is 14.6 Å². The van der Waals surface area contributed by atoms with Crippen LogP contribution in [-0.4, -0.2) is 21.9 Å². The van der Waals surface area contributed by atoms with E-state index in [4.69, 9.17) is 17.0 Å². The second-order valence-electron chi connectivity index (χ2n) is 4.30. The minimum absolute atomic E-state index is 0.109. The van der Waals surface area contributed by atoms with Crippen molar-refractivity contribution in [3.63, 3.8) is 0 Å². The smallest absolute Gasteiger partial charge is 0.263 e. The van der Waals surface area contributed by atoms with Gasteiger partial charge in [0.1, 0.15) is 4.32 Å². The van der Waals surface area contributed by atoms with Gasteiger partial charge in [-0.1, -0.05) is 30.1 Å². The zero-order valence-electron chi connectivity index (χ0n) is 11.5. The molecular weight excluding hydrogens is 306 g/mol. The molecule has 6 heteroatoms. The molecule has 1 aliphatic rings. The fourth-order valence-electron chi connectivity index (χ4n) is 1.92. The van der Waals surface area contributed by atoms with Crippen LogP contribution in [0.3, 0.4) is 0 Å². The maximum atomic E-state index is 11.7. The Morgan fingerprint density at radius 3 is 2.86 bits per heavy atom. The molecule has 0 aromatic heterocycles. The number of allylic oxidation sites excluding steroid dienone is 1. The van der Waals surface area contributed by atoms with Crippen LogP contribution in [0.25, 0.3) is 6.08 Å². The molecule has 0 aliphatic carbocycles. The van der Waals surface area contributed by atoms with E-state index < -0.39 is 0 Å². The van der Waals surface area contributed by atoms with Gasteiger partial charge >= 0.3 is 0 Å². The van der Waals surface area contributed by atoms with Crippen LogP contribution in [0.4, 0.5) is 0 Å². The summed E-state index contributed by atoms with van der Waals surface area (Å²) in [5, 5.41) is 12.7. The maximum absolute atomic E-state index is 11.7. The predicted octanol–water partition coefficient (Wildman–Crippen LogP) is 3.01. The van der Waals surface area contributed by atoms with Crippen molar-refractivity contribution in [2.24, 2.45) is 0 Å². The van der Waals surface area contributed by atoms with E-state index in [1.165, 1.54) is 11.8 Å². The van der Waals surface area contributed by atoms with E-state index in [2.05, 4.69) is 11.9 Å². The highest BCUT2D eigenvalue weighted by molar-refractivity contribution is 8.26. The van der Waals surface area contributed by atoms with Crippen molar-refractivity contribution in [1.29, 1.82) is 0 Å². The van der Waals surface area contributed by atoms with Crippen LogP contribution in [0, 0.1) is 0 Å².